The normalized spacial score (nSPS) is 9.73. The minimum absolute atomic E-state index is 0.0331. The van der Waals surface area contributed by atoms with Gasteiger partial charge in [0.15, 0.2) is 0 Å². The molecule has 0 aliphatic rings. The molecule has 5 heteroatoms. The molecule has 0 fully saturated rings. The zero-order chi connectivity index (χ0) is 8.43. The Morgan fingerprint density at radius 2 is 2.36 bits per heavy atom. The Hall–Kier alpha value is -0.230. The predicted molar refractivity (Wildman–Crippen MR) is 47.6 cm³/mol. The lowest BCUT2D eigenvalue weighted by Crippen LogP contribution is -1.93. The topological polar surface area (TPSA) is 30.0 Å². The molecule has 2 nitrogen and oxygen atoms in total. The summed E-state index contributed by atoms with van der Waals surface area (Å²) in [5.41, 5.74) is 0.104. The molecule has 58 valence electrons. The van der Waals surface area contributed by atoms with Crippen molar-refractivity contribution in [3.8, 4) is 0 Å². The van der Waals surface area contributed by atoms with Gasteiger partial charge in [-0.3, -0.25) is 4.79 Å². The summed E-state index contributed by atoms with van der Waals surface area (Å²) in [6, 6.07) is 1.06. The summed E-state index contributed by atoms with van der Waals surface area (Å²) in [6.07, 6.45) is 0.964. The second kappa shape index (κ2) is 3.44. The number of carbonyl (C=O) groups excluding carboxylic acids is 1. The van der Waals surface area contributed by atoms with Crippen molar-refractivity contribution in [2.45, 2.75) is 0 Å². The summed E-state index contributed by atoms with van der Waals surface area (Å²) in [6.45, 7) is 0. The van der Waals surface area contributed by atoms with Crippen molar-refractivity contribution in [1.29, 1.82) is 0 Å². The van der Waals surface area contributed by atoms with Crippen LogP contribution >= 0.6 is 34.2 Å². The summed E-state index contributed by atoms with van der Waals surface area (Å²) in [4.78, 5) is 14.2. The van der Waals surface area contributed by atoms with E-state index in [0.29, 0.717) is 0 Å². The number of nitrogens with zero attached hydrogens (tertiary/aromatic N) is 1. The smallest absolute Gasteiger partial charge is 0.225 e. The molecule has 0 saturated heterocycles. The van der Waals surface area contributed by atoms with Gasteiger partial charge in [0.05, 0.1) is 11.8 Å². The Morgan fingerprint density at radius 1 is 1.73 bits per heavy atom. The van der Waals surface area contributed by atoms with Gasteiger partial charge in [0.2, 0.25) is 3.79 Å². The van der Waals surface area contributed by atoms with E-state index in [2.05, 4.69) is 4.98 Å². The van der Waals surface area contributed by atoms with E-state index in [9.17, 15) is 9.18 Å². The van der Waals surface area contributed by atoms with Crippen LogP contribution in [0.4, 0.5) is 4.39 Å². The molecule has 0 aliphatic carbocycles. The lowest BCUT2D eigenvalue weighted by Gasteiger charge is -1.95. The molecule has 0 amide bonds. The molecule has 0 unspecified atom stereocenters. The highest BCUT2D eigenvalue weighted by atomic mass is 127. The monoisotopic (exact) mass is 285 g/mol. The molecule has 11 heavy (non-hydrogen) atoms. The van der Waals surface area contributed by atoms with Crippen molar-refractivity contribution < 1.29 is 9.18 Å². The predicted octanol–water partition coefficient (Wildman–Crippen LogP) is 2.45. The zero-order valence-electron chi connectivity index (χ0n) is 5.14. The number of hydrogen-bond acceptors (Lipinski definition) is 2. The van der Waals surface area contributed by atoms with Crippen LogP contribution < -0.4 is 0 Å². The van der Waals surface area contributed by atoms with Crippen molar-refractivity contribution in [3.05, 3.63) is 28.8 Å². The van der Waals surface area contributed by atoms with Gasteiger partial charge in [-0.25, -0.2) is 9.37 Å². The van der Waals surface area contributed by atoms with E-state index in [0.717, 1.165) is 12.3 Å². The highest BCUT2D eigenvalue weighted by Crippen LogP contribution is 2.16. The molecular weight excluding hydrogens is 283 g/mol. The Labute approximate surface area is 80.9 Å². The number of rotatable bonds is 1. The van der Waals surface area contributed by atoms with Crippen LogP contribution in [-0.4, -0.2) is 8.77 Å². The zero-order valence-corrected chi connectivity index (χ0v) is 8.06. The number of aromatic nitrogens is 1. The third kappa shape index (κ3) is 2.10. The molecule has 1 heterocycles. The first kappa shape index (κ1) is 8.86. The van der Waals surface area contributed by atoms with Crippen LogP contribution in [0.25, 0.3) is 0 Å². The Kier molecular flexibility index (Phi) is 2.78. The Morgan fingerprint density at radius 3 is 2.82 bits per heavy atom. The molecule has 0 saturated carbocycles. The fourth-order valence-electron chi connectivity index (χ4n) is 0.560. The molecule has 0 radical (unpaired) electrons. The van der Waals surface area contributed by atoms with Crippen molar-refractivity contribution >= 4 is 38.0 Å². The van der Waals surface area contributed by atoms with Crippen molar-refractivity contribution in [2.24, 2.45) is 0 Å². The van der Waals surface area contributed by atoms with Crippen LogP contribution in [0.15, 0.2) is 12.3 Å². The molecule has 0 bridgehead atoms. The minimum atomic E-state index is -0.561. The molecule has 1 aromatic rings. The second-order valence-corrected chi connectivity index (χ2v) is 3.10. The fraction of sp³-hybridized carbons (Fsp3) is 0. The summed E-state index contributed by atoms with van der Waals surface area (Å²) in [7, 11) is 0. The van der Waals surface area contributed by atoms with Gasteiger partial charge >= 0.3 is 0 Å². The Bertz CT molecular complexity index is 305. The second-order valence-electron chi connectivity index (χ2n) is 1.77. The van der Waals surface area contributed by atoms with E-state index in [1.54, 1.807) is 0 Å². The maximum absolute atomic E-state index is 12.4. The lowest BCUT2D eigenvalue weighted by molar-refractivity contribution is 0.110. The van der Waals surface area contributed by atoms with Gasteiger partial charge < -0.3 is 0 Å². The molecule has 0 N–H and O–H groups in total. The van der Waals surface area contributed by atoms with Crippen LogP contribution in [0, 0.1) is 5.82 Å². The van der Waals surface area contributed by atoms with Gasteiger partial charge in [0, 0.05) is 22.6 Å². The van der Waals surface area contributed by atoms with Gasteiger partial charge in [0.25, 0.3) is 0 Å². The van der Waals surface area contributed by atoms with E-state index in [1.807, 2.05) is 0 Å². The maximum atomic E-state index is 12.4. The number of halogens is 3. The highest BCUT2D eigenvalue weighted by Gasteiger charge is 2.08. The standard InChI is InChI=1S/C6H2ClFINO/c7-5-4(6(9)11)1-3(8)2-10-5/h1-2H. The third-order valence-corrected chi connectivity index (χ3v) is 1.90. The highest BCUT2D eigenvalue weighted by molar-refractivity contribution is 14.1. The number of hydrogen-bond donors (Lipinski definition) is 0. The molecule has 0 aromatic carbocycles. The first-order chi connectivity index (χ1) is 5.11. The van der Waals surface area contributed by atoms with Crippen molar-refractivity contribution in [1.82, 2.24) is 4.98 Å². The molecule has 1 aromatic heterocycles. The lowest BCUT2D eigenvalue weighted by atomic mass is 10.3. The van der Waals surface area contributed by atoms with Crippen LogP contribution in [0.2, 0.25) is 5.15 Å². The quantitative estimate of drug-likeness (QED) is 0.451. The van der Waals surface area contributed by atoms with E-state index in [-0.39, 0.29) is 14.5 Å². The Balaban J connectivity index is 3.23. The van der Waals surface area contributed by atoms with E-state index in [4.69, 9.17) is 11.6 Å². The van der Waals surface area contributed by atoms with Crippen molar-refractivity contribution in [3.63, 3.8) is 0 Å². The molecule has 1 rings (SSSR count). The van der Waals surface area contributed by atoms with Gasteiger partial charge in [-0.15, -0.1) is 0 Å². The first-order valence-electron chi connectivity index (χ1n) is 2.62. The van der Waals surface area contributed by atoms with Crippen LogP contribution in [0.5, 0.6) is 0 Å². The summed E-state index contributed by atoms with van der Waals surface area (Å²) in [5.74, 6) is -0.561. The molecule has 0 atom stereocenters. The summed E-state index contributed by atoms with van der Waals surface area (Å²) < 4.78 is 12.1. The van der Waals surface area contributed by atoms with Crippen LogP contribution in [0.3, 0.4) is 0 Å². The molecule has 0 spiro atoms. The summed E-state index contributed by atoms with van der Waals surface area (Å²) in [5, 5.41) is 0.0331. The first-order valence-corrected chi connectivity index (χ1v) is 4.08. The summed E-state index contributed by atoms with van der Waals surface area (Å²) >= 11 is 7.01. The fourth-order valence-corrected chi connectivity index (χ4v) is 1.32. The molecule has 0 aliphatic heterocycles. The van der Waals surface area contributed by atoms with Crippen LogP contribution in [-0.2, 0) is 0 Å². The van der Waals surface area contributed by atoms with E-state index >= 15 is 0 Å². The van der Waals surface area contributed by atoms with E-state index < -0.39 is 5.82 Å². The van der Waals surface area contributed by atoms with E-state index in [1.165, 1.54) is 22.6 Å². The SMILES string of the molecule is O=C(I)c1cc(F)cnc1Cl. The largest absolute Gasteiger partial charge is 0.282 e. The average Bonchev–Trinajstić information content (AvgIpc) is 1.94. The van der Waals surface area contributed by atoms with Crippen LogP contribution in [0.1, 0.15) is 10.4 Å². The number of carbonyl (C=O) groups is 1. The van der Waals surface area contributed by atoms with Gasteiger partial charge in [-0.05, 0) is 6.07 Å². The number of pyridine rings is 1. The minimum Gasteiger partial charge on any atom is -0.282 e. The third-order valence-electron chi connectivity index (χ3n) is 1.02. The van der Waals surface area contributed by atoms with Gasteiger partial charge in [0.1, 0.15) is 11.0 Å². The average molecular weight is 285 g/mol. The molecular formula is C6H2ClFINO. The van der Waals surface area contributed by atoms with Gasteiger partial charge in [-0.1, -0.05) is 11.6 Å². The van der Waals surface area contributed by atoms with Crippen molar-refractivity contribution in [2.75, 3.05) is 0 Å². The van der Waals surface area contributed by atoms with Gasteiger partial charge in [-0.2, -0.15) is 0 Å². The maximum Gasteiger partial charge on any atom is 0.225 e.